The van der Waals surface area contributed by atoms with Crippen LogP contribution in [0.4, 0.5) is 5.69 Å². The Morgan fingerprint density at radius 3 is 2.00 bits per heavy atom. The molecule has 0 unspecified atom stereocenters. The molecule has 23 heavy (non-hydrogen) atoms. The monoisotopic (exact) mass is 381 g/mol. The zero-order chi connectivity index (χ0) is 17.2. The van der Waals surface area contributed by atoms with E-state index in [0.29, 0.717) is 0 Å². The molecule has 6 heteroatoms. The van der Waals surface area contributed by atoms with Gasteiger partial charge in [0.15, 0.2) is 5.57 Å². The van der Waals surface area contributed by atoms with Crippen molar-refractivity contribution in [1.82, 2.24) is 0 Å². The van der Waals surface area contributed by atoms with Crippen molar-refractivity contribution < 1.29 is 19.1 Å². The molecule has 0 bridgehead atoms. The van der Waals surface area contributed by atoms with Crippen molar-refractivity contribution in [3.63, 3.8) is 0 Å². The van der Waals surface area contributed by atoms with E-state index >= 15 is 0 Å². The molecule has 1 aliphatic rings. The Hall–Kier alpha value is -1.82. The number of hydrogen-bond acceptors (Lipinski definition) is 5. The first kappa shape index (κ1) is 17.5. The van der Waals surface area contributed by atoms with Gasteiger partial charge >= 0.3 is 11.9 Å². The Bertz CT molecular complexity index is 632. The minimum absolute atomic E-state index is 0.142. The standard InChI is InChI=1S/C17H20BrNO4/c1-5-10-7-12(18)8-11(6-2)14(10)19-9-13-15(20)22-17(3,4)23-16(13)21/h7-9,19H,5-6H2,1-4H3. The minimum Gasteiger partial charge on any atom is -0.419 e. The van der Waals surface area contributed by atoms with Gasteiger partial charge in [-0.2, -0.15) is 0 Å². The van der Waals surface area contributed by atoms with Gasteiger partial charge in [0.25, 0.3) is 5.79 Å². The molecule has 1 heterocycles. The summed E-state index contributed by atoms with van der Waals surface area (Å²) in [5, 5.41) is 3.08. The van der Waals surface area contributed by atoms with E-state index in [2.05, 4.69) is 21.2 Å². The summed E-state index contributed by atoms with van der Waals surface area (Å²) in [6.45, 7) is 7.13. The van der Waals surface area contributed by atoms with Gasteiger partial charge in [-0.25, -0.2) is 9.59 Å². The van der Waals surface area contributed by atoms with Gasteiger partial charge in [0.1, 0.15) is 0 Å². The summed E-state index contributed by atoms with van der Waals surface area (Å²) in [5.74, 6) is -2.61. The minimum atomic E-state index is -1.23. The Labute approximate surface area is 144 Å². The van der Waals surface area contributed by atoms with Crippen molar-refractivity contribution in [2.45, 2.75) is 46.3 Å². The van der Waals surface area contributed by atoms with E-state index in [4.69, 9.17) is 9.47 Å². The van der Waals surface area contributed by atoms with Crippen LogP contribution in [0.2, 0.25) is 0 Å². The molecule has 0 spiro atoms. The fourth-order valence-corrected chi connectivity index (χ4v) is 2.94. The Kier molecular flexibility index (Phi) is 5.14. The van der Waals surface area contributed by atoms with Crippen LogP contribution in [0.15, 0.2) is 28.4 Å². The second-order valence-corrected chi connectivity index (χ2v) is 6.60. The Morgan fingerprint density at radius 1 is 1.09 bits per heavy atom. The summed E-state index contributed by atoms with van der Waals surface area (Å²) in [4.78, 5) is 23.9. The van der Waals surface area contributed by atoms with Crippen molar-refractivity contribution in [3.8, 4) is 0 Å². The fraction of sp³-hybridized carbons (Fsp3) is 0.412. The lowest BCUT2D eigenvalue weighted by molar-refractivity contribution is -0.222. The lowest BCUT2D eigenvalue weighted by atomic mass is 10.0. The number of nitrogens with one attached hydrogen (secondary N) is 1. The van der Waals surface area contributed by atoms with Crippen LogP contribution in [0.25, 0.3) is 0 Å². The Balaban J connectivity index is 2.33. The highest BCUT2D eigenvalue weighted by molar-refractivity contribution is 9.10. The fourth-order valence-electron chi connectivity index (χ4n) is 2.39. The molecule has 0 radical (unpaired) electrons. The van der Waals surface area contributed by atoms with E-state index in [0.717, 1.165) is 34.1 Å². The number of ether oxygens (including phenoxy) is 2. The molecule has 0 atom stereocenters. The highest BCUT2D eigenvalue weighted by Gasteiger charge is 2.39. The maximum Gasteiger partial charge on any atom is 0.350 e. The van der Waals surface area contributed by atoms with Crippen LogP contribution in [0.5, 0.6) is 0 Å². The van der Waals surface area contributed by atoms with Crippen LogP contribution >= 0.6 is 15.9 Å². The maximum absolute atomic E-state index is 12.0. The third-order valence-corrected chi connectivity index (χ3v) is 3.96. The SMILES string of the molecule is CCc1cc(Br)cc(CC)c1NC=C1C(=O)OC(C)(C)OC1=O. The van der Waals surface area contributed by atoms with Gasteiger partial charge in [-0.15, -0.1) is 0 Å². The number of rotatable bonds is 4. The third-order valence-electron chi connectivity index (χ3n) is 3.51. The molecule has 1 aromatic carbocycles. The molecule has 5 nitrogen and oxygen atoms in total. The summed E-state index contributed by atoms with van der Waals surface area (Å²) in [6, 6.07) is 4.03. The normalized spacial score (nSPS) is 16.7. The first-order valence-electron chi connectivity index (χ1n) is 7.52. The largest absolute Gasteiger partial charge is 0.419 e. The topological polar surface area (TPSA) is 64.6 Å². The number of carbonyl (C=O) groups excluding carboxylic acids is 2. The number of esters is 2. The van der Waals surface area contributed by atoms with Gasteiger partial charge < -0.3 is 14.8 Å². The van der Waals surface area contributed by atoms with Crippen molar-refractivity contribution >= 4 is 33.6 Å². The molecule has 0 saturated carbocycles. The summed E-state index contributed by atoms with van der Waals surface area (Å²) >= 11 is 3.50. The highest BCUT2D eigenvalue weighted by atomic mass is 79.9. The molecule has 0 amide bonds. The lowest BCUT2D eigenvalue weighted by Gasteiger charge is -2.29. The molecular formula is C17H20BrNO4. The van der Waals surface area contributed by atoms with Gasteiger partial charge in [-0.1, -0.05) is 29.8 Å². The van der Waals surface area contributed by atoms with Gasteiger partial charge in [-0.05, 0) is 36.1 Å². The number of hydrogen-bond donors (Lipinski definition) is 1. The summed E-state index contributed by atoms with van der Waals surface area (Å²) < 4.78 is 11.2. The third kappa shape index (κ3) is 3.93. The predicted octanol–water partition coefficient (Wildman–Crippen LogP) is 3.71. The van der Waals surface area contributed by atoms with E-state index in [9.17, 15) is 9.59 Å². The van der Waals surface area contributed by atoms with Crippen LogP contribution in [0, 0.1) is 0 Å². The van der Waals surface area contributed by atoms with Crippen molar-refractivity contribution in [2.24, 2.45) is 0 Å². The van der Waals surface area contributed by atoms with Gasteiger partial charge in [0.2, 0.25) is 0 Å². The number of anilines is 1. The van der Waals surface area contributed by atoms with E-state index < -0.39 is 17.7 Å². The van der Waals surface area contributed by atoms with Crippen molar-refractivity contribution in [3.05, 3.63) is 39.5 Å². The molecule has 1 fully saturated rings. The predicted molar refractivity (Wildman–Crippen MR) is 90.9 cm³/mol. The first-order valence-corrected chi connectivity index (χ1v) is 8.31. The smallest absolute Gasteiger partial charge is 0.350 e. The zero-order valence-corrected chi connectivity index (χ0v) is 15.2. The molecule has 1 saturated heterocycles. The van der Waals surface area contributed by atoms with Gasteiger partial charge in [-0.3, -0.25) is 0 Å². The van der Waals surface area contributed by atoms with E-state index in [1.807, 2.05) is 26.0 Å². The average Bonchev–Trinajstić information content (AvgIpc) is 2.45. The van der Waals surface area contributed by atoms with Crippen LogP contribution in [-0.4, -0.2) is 17.7 Å². The molecule has 0 aliphatic carbocycles. The molecular weight excluding hydrogens is 362 g/mol. The van der Waals surface area contributed by atoms with E-state index in [-0.39, 0.29) is 5.57 Å². The summed E-state index contributed by atoms with van der Waals surface area (Å²) in [6.07, 6.45) is 3.00. The molecule has 1 aromatic rings. The molecule has 0 aromatic heterocycles. The van der Waals surface area contributed by atoms with Crippen molar-refractivity contribution in [2.75, 3.05) is 5.32 Å². The number of halogens is 1. The number of benzene rings is 1. The number of aryl methyl sites for hydroxylation is 2. The summed E-state index contributed by atoms with van der Waals surface area (Å²) in [5.41, 5.74) is 2.93. The lowest BCUT2D eigenvalue weighted by Crippen LogP contribution is -2.42. The quantitative estimate of drug-likeness (QED) is 0.489. The molecule has 1 aliphatic heterocycles. The second-order valence-electron chi connectivity index (χ2n) is 5.69. The zero-order valence-electron chi connectivity index (χ0n) is 13.7. The highest BCUT2D eigenvalue weighted by Crippen LogP contribution is 2.28. The second kappa shape index (κ2) is 6.74. The van der Waals surface area contributed by atoms with E-state index in [1.165, 1.54) is 20.0 Å². The number of carbonyl (C=O) groups is 2. The number of cyclic esters (lactones) is 2. The molecule has 1 N–H and O–H groups in total. The van der Waals surface area contributed by atoms with Crippen LogP contribution in [0.3, 0.4) is 0 Å². The Morgan fingerprint density at radius 2 is 1.57 bits per heavy atom. The van der Waals surface area contributed by atoms with Crippen LogP contribution in [0.1, 0.15) is 38.8 Å². The molecule has 124 valence electrons. The van der Waals surface area contributed by atoms with E-state index in [1.54, 1.807) is 0 Å². The summed E-state index contributed by atoms with van der Waals surface area (Å²) in [7, 11) is 0. The van der Waals surface area contributed by atoms with Gasteiger partial charge in [0.05, 0.1) is 0 Å². The molecule has 2 rings (SSSR count). The maximum atomic E-state index is 12.0. The average molecular weight is 382 g/mol. The first-order chi connectivity index (χ1) is 10.8. The van der Waals surface area contributed by atoms with Crippen LogP contribution in [-0.2, 0) is 31.9 Å². The van der Waals surface area contributed by atoms with Crippen molar-refractivity contribution in [1.29, 1.82) is 0 Å². The van der Waals surface area contributed by atoms with Crippen LogP contribution < -0.4 is 5.32 Å². The van der Waals surface area contributed by atoms with Gasteiger partial charge in [0, 0.05) is 30.2 Å².